The Morgan fingerprint density at radius 3 is 2.50 bits per heavy atom. The van der Waals surface area contributed by atoms with Crippen LogP contribution in [0.25, 0.3) is 0 Å². The number of nitrogens with zero attached hydrogens (tertiary/aromatic N) is 2. The van der Waals surface area contributed by atoms with Crippen molar-refractivity contribution in [2.45, 2.75) is 13.8 Å². The maximum atomic E-state index is 3.73. The van der Waals surface area contributed by atoms with Gasteiger partial charge in [0.1, 0.15) is 0 Å². The molecule has 0 heterocycles. The van der Waals surface area contributed by atoms with Crippen molar-refractivity contribution in [1.82, 2.24) is 0 Å². The Balaban J connectivity index is 3.57. The number of hydrogen-bond donors (Lipinski definition) is 0. The molecular weight excluding hydrogens is 100 g/mol. The Morgan fingerprint density at radius 1 is 1.50 bits per heavy atom. The summed E-state index contributed by atoms with van der Waals surface area (Å²) in [6.45, 7) is 7.22. The molecule has 0 fully saturated rings. The minimum absolute atomic E-state index is 0.947. The van der Waals surface area contributed by atoms with Crippen LogP contribution >= 0.6 is 0 Å². The molecule has 0 aromatic carbocycles. The number of rotatable bonds is 2. The first-order chi connectivity index (χ1) is 3.77. The highest BCUT2D eigenvalue weighted by Crippen LogP contribution is 1.74. The smallest absolute Gasteiger partial charge is 0.0489 e. The molecule has 0 bridgehead atoms. The van der Waals surface area contributed by atoms with Gasteiger partial charge in [-0.15, -0.1) is 0 Å². The summed E-state index contributed by atoms with van der Waals surface area (Å²) in [7, 11) is 0. The Hall–Kier alpha value is -0.920. The van der Waals surface area contributed by atoms with Crippen molar-refractivity contribution in [1.29, 1.82) is 0 Å². The molecule has 0 aromatic rings. The summed E-state index contributed by atoms with van der Waals surface area (Å²) in [5.41, 5.74) is 0.947. The van der Waals surface area contributed by atoms with Crippen LogP contribution in [-0.2, 0) is 0 Å². The Labute approximate surface area is 49.6 Å². The molecule has 0 aliphatic rings. The largest absolute Gasteiger partial charge is 0.161 e. The highest BCUT2D eigenvalue weighted by Gasteiger charge is 1.68. The second-order valence-corrected chi connectivity index (χ2v) is 1.55. The molecule has 0 radical (unpaired) electrons. The molecule has 2 heteroatoms. The summed E-state index contributed by atoms with van der Waals surface area (Å²) in [6.07, 6.45) is 3.14. The van der Waals surface area contributed by atoms with Gasteiger partial charge in [-0.25, -0.2) is 0 Å². The van der Waals surface area contributed by atoms with E-state index in [1.54, 1.807) is 12.3 Å². The van der Waals surface area contributed by atoms with Gasteiger partial charge in [-0.2, -0.15) is 10.2 Å². The maximum Gasteiger partial charge on any atom is 0.0489 e. The Kier molecular flexibility index (Phi) is 3.76. The molecule has 0 N–H and O–H groups in total. The molecule has 44 valence electrons. The van der Waals surface area contributed by atoms with Crippen molar-refractivity contribution in [3.05, 3.63) is 12.7 Å². The van der Waals surface area contributed by atoms with Crippen LogP contribution in [0.1, 0.15) is 13.8 Å². The summed E-state index contributed by atoms with van der Waals surface area (Å²) in [5.74, 6) is 0. The summed E-state index contributed by atoms with van der Waals surface area (Å²) in [5, 5.41) is 7.36. The molecule has 0 aromatic heterocycles. The van der Waals surface area contributed by atoms with Gasteiger partial charge in [0.05, 0.1) is 0 Å². The van der Waals surface area contributed by atoms with E-state index in [-0.39, 0.29) is 0 Å². The molecule has 0 spiro atoms. The second-order valence-electron chi connectivity index (χ2n) is 1.55. The number of allylic oxidation sites excluding steroid dienone is 1. The van der Waals surface area contributed by atoms with Crippen molar-refractivity contribution >= 4 is 11.9 Å². The average Bonchev–Trinajstić information content (AvgIpc) is 1.66. The molecule has 0 saturated carbocycles. The van der Waals surface area contributed by atoms with Crippen molar-refractivity contribution < 1.29 is 0 Å². The van der Waals surface area contributed by atoms with Crippen LogP contribution in [0.4, 0.5) is 0 Å². The Morgan fingerprint density at radius 2 is 2.12 bits per heavy atom. The van der Waals surface area contributed by atoms with Gasteiger partial charge >= 0.3 is 0 Å². The van der Waals surface area contributed by atoms with E-state index in [4.69, 9.17) is 0 Å². The quantitative estimate of drug-likeness (QED) is 0.381. The van der Waals surface area contributed by atoms with Gasteiger partial charge in [0.2, 0.25) is 0 Å². The lowest BCUT2D eigenvalue weighted by Gasteiger charge is -1.77. The SMILES string of the molecule is C=C/C=N\N=C(C)C. The van der Waals surface area contributed by atoms with Gasteiger partial charge in [-0.1, -0.05) is 6.58 Å². The lowest BCUT2D eigenvalue weighted by atomic mass is 10.5. The van der Waals surface area contributed by atoms with E-state index in [1.165, 1.54) is 0 Å². The minimum Gasteiger partial charge on any atom is -0.161 e. The van der Waals surface area contributed by atoms with Crippen LogP contribution < -0.4 is 0 Å². The molecule has 0 amide bonds. The summed E-state index contributed by atoms with van der Waals surface area (Å²) < 4.78 is 0. The monoisotopic (exact) mass is 110 g/mol. The van der Waals surface area contributed by atoms with Crippen LogP contribution in [0, 0.1) is 0 Å². The first kappa shape index (κ1) is 7.08. The van der Waals surface area contributed by atoms with Crippen LogP contribution in [0.15, 0.2) is 22.9 Å². The summed E-state index contributed by atoms with van der Waals surface area (Å²) in [6, 6.07) is 0. The van der Waals surface area contributed by atoms with Crippen LogP contribution in [-0.4, -0.2) is 11.9 Å². The van der Waals surface area contributed by atoms with Crippen molar-refractivity contribution in [2.24, 2.45) is 10.2 Å². The molecule has 0 rings (SSSR count). The second kappa shape index (κ2) is 4.24. The first-order valence-electron chi connectivity index (χ1n) is 2.42. The highest BCUT2D eigenvalue weighted by atomic mass is 15.2. The third-order valence-corrected chi connectivity index (χ3v) is 0.430. The van der Waals surface area contributed by atoms with Gasteiger partial charge in [0.25, 0.3) is 0 Å². The topological polar surface area (TPSA) is 24.7 Å². The van der Waals surface area contributed by atoms with E-state index < -0.39 is 0 Å². The third-order valence-electron chi connectivity index (χ3n) is 0.430. The fourth-order valence-corrected chi connectivity index (χ4v) is 0.196. The van der Waals surface area contributed by atoms with Gasteiger partial charge in [-0.3, -0.25) is 0 Å². The van der Waals surface area contributed by atoms with E-state index in [2.05, 4.69) is 16.8 Å². The summed E-state index contributed by atoms with van der Waals surface area (Å²) >= 11 is 0. The van der Waals surface area contributed by atoms with Crippen molar-refractivity contribution in [2.75, 3.05) is 0 Å². The van der Waals surface area contributed by atoms with E-state index in [0.29, 0.717) is 0 Å². The molecule has 0 aliphatic heterocycles. The van der Waals surface area contributed by atoms with Gasteiger partial charge < -0.3 is 0 Å². The van der Waals surface area contributed by atoms with E-state index in [9.17, 15) is 0 Å². The van der Waals surface area contributed by atoms with Gasteiger partial charge in [-0.05, 0) is 19.9 Å². The predicted molar refractivity (Wildman–Crippen MR) is 37.5 cm³/mol. The lowest BCUT2D eigenvalue weighted by molar-refractivity contribution is 1.24. The zero-order valence-electron chi connectivity index (χ0n) is 5.26. The third kappa shape index (κ3) is 5.08. The summed E-state index contributed by atoms with van der Waals surface area (Å²) in [4.78, 5) is 0. The van der Waals surface area contributed by atoms with E-state index in [0.717, 1.165) is 5.71 Å². The van der Waals surface area contributed by atoms with Gasteiger partial charge in [0.15, 0.2) is 0 Å². The van der Waals surface area contributed by atoms with Crippen LogP contribution in [0.2, 0.25) is 0 Å². The lowest BCUT2D eigenvalue weighted by Crippen LogP contribution is -1.75. The molecule has 8 heavy (non-hydrogen) atoms. The standard InChI is InChI=1S/C6H10N2/c1-4-5-7-8-6(2)3/h4-5H,1H2,2-3H3/b7-5-. The fourth-order valence-electron chi connectivity index (χ4n) is 0.196. The molecule has 0 aliphatic carbocycles. The van der Waals surface area contributed by atoms with Crippen molar-refractivity contribution in [3.63, 3.8) is 0 Å². The Bertz CT molecular complexity index is 118. The molecule has 0 atom stereocenters. The van der Waals surface area contributed by atoms with Crippen LogP contribution in [0.3, 0.4) is 0 Å². The van der Waals surface area contributed by atoms with E-state index in [1.807, 2.05) is 13.8 Å². The van der Waals surface area contributed by atoms with E-state index >= 15 is 0 Å². The predicted octanol–water partition coefficient (Wildman–Crippen LogP) is 1.64. The van der Waals surface area contributed by atoms with Gasteiger partial charge in [0, 0.05) is 11.9 Å². The highest BCUT2D eigenvalue weighted by molar-refractivity contribution is 5.80. The normalized spacial score (nSPS) is 9.25. The first-order valence-corrected chi connectivity index (χ1v) is 2.42. The van der Waals surface area contributed by atoms with Crippen LogP contribution in [0.5, 0.6) is 0 Å². The molecular formula is C6H10N2. The molecule has 0 saturated heterocycles. The molecule has 0 unspecified atom stereocenters. The maximum absolute atomic E-state index is 3.73. The van der Waals surface area contributed by atoms with Crippen molar-refractivity contribution in [3.8, 4) is 0 Å². The fraction of sp³-hybridized carbons (Fsp3) is 0.333. The average molecular weight is 110 g/mol. The zero-order chi connectivity index (χ0) is 6.41. The minimum atomic E-state index is 0.947. The molecule has 2 nitrogen and oxygen atoms in total. The zero-order valence-corrected chi connectivity index (χ0v) is 5.26. The number of hydrogen-bond acceptors (Lipinski definition) is 2.